The summed E-state index contributed by atoms with van der Waals surface area (Å²) < 4.78 is 1.64. The molecule has 0 aliphatic rings. The second-order valence-electron chi connectivity index (χ2n) is 6.15. The van der Waals surface area contributed by atoms with Gasteiger partial charge in [-0.15, -0.1) is 0 Å². The lowest BCUT2D eigenvalue weighted by atomic mass is 10.1. The molecule has 0 aliphatic carbocycles. The Morgan fingerprint density at radius 1 is 0.963 bits per heavy atom. The first kappa shape index (κ1) is 19.0. The number of carbonyl (C=O) groups is 1. The molecule has 5 heteroatoms. The number of pyridine rings is 1. The number of amides is 1. The van der Waals surface area contributed by atoms with Gasteiger partial charge in [0.05, 0.1) is 6.54 Å². The van der Waals surface area contributed by atoms with E-state index in [1.807, 2.05) is 66.4 Å². The summed E-state index contributed by atoms with van der Waals surface area (Å²) in [6, 6.07) is 20.4. The molecule has 138 valence electrons. The Balaban J connectivity index is 1.61. The standard InChI is InChI=1S/C22H22N2O2S/c1-2-27-16-18-6-10-19(11-7-18)22(26)23-20-12-8-17(9-13-20)15-24-14-4-3-5-21(24)25/h3-14H,2,15-16H2,1H3,(H,23,26). The fraction of sp³-hybridized carbons (Fsp3) is 0.182. The van der Waals surface area contributed by atoms with Crippen molar-refractivity contribution in [2.75, 3.05) is 11.1 Å². The van der Waals surface area contributed by atoms with Crippen LogP contribution in [0.3, 0.4) is 0 Å². The number of benzene rings is 2. The van der Waals surface area contributed by atoms with Gasteiger partial charge in [-0.1, -0.05) is 37.3 Å². The first-order valence-corrected chi connectivity index (χ1v) is 10.0. The van der Waals surface area contributed by atoms with Crippen molar-refractivity contribution in [3.8, 4) is 0 Å². The first-order valence-electron chi connectivity index (χ1n) is 8.88. The second-order valence-corrected chi connectivity index (χ2v) is 7.43. The summed E-state index contributed by atoms with van der Waals surface area (Å²) in [6.45, 7) is 2.64. The molecule has 1 amide bonds. The van der Waals surface area contributed by atoms with Crippen molar-refractivity contribution >= 4 is 23.4 Å². The molecule has 0 saturated heterocycles. The molecular weight excluding hydrogens is 356 g/mol. The smallest absolute Gasteiger partial charge is 0.255 e. The Morgan fingerprint density at radius 3 is 2.33 bits per heavy atom. The van der Waals surface area contributed by atoms with Crippen LogP contribution in [0.15, 0.2) is 77.7 Å². The summed E-state index contributed by atoms with van der Waals surface area (Å²) in [4.78, 5) is 24.2. The fourth-order valence-corrected chi connectivity index (χ4v) is 3.29. The number of nitrogens with one attached hydrogen (secondary N) is 1. The summed E-state index contributed by atoms with van der Waals surface area (Å²) in [5, 5.41) is 2.91. The van der Waals surface area contributed by atoms with Gasteiger partial charge >= 0.3 is 0 Å². The maximum absolute atomic E-state index is 12.4. The number of hydrogen-bond donors (Lipinski definition) is 1. The van der Waals surface area contributed by atoms with E-state index in [1.54, 1.807) is 22.9 Å². The van der Waals surface area contributed by atoms with Crippen LogP contribution in [-0.4, -0.2) is 16.2 Å². The van der Waals surface area contributed by atoms with Crippen LogP contribution in [0.2, 0.25) is 0 Å². The molecular formula is C22H22N2O2S. The summed E-state index contributed by atoms with van der Waals surface area (Å²) in [6.07, 6.45) is 1.76. The minimum atomic E-state index is -0.128. The van der Waals surface area contributed by atoms with Crippen molar-refractivity contribution in [2.45, 2.75) is 19.2 Å². The molecule has 3 rings (SSSR count). The molecule has 0 fully saturated rings. The second kappa shape index (κ2) is 9.24. The number of carbonyl (C=O) groups excluding carboxylic acids is 1. The van der Waals surface area contributed by atoms with Crippen molar-refractivity contribution in [1.82, 2.24) is 4.57 Å². The largest absolute Gasteiger partial charge is 0.322 e. The molecule has 1 heterocycles. The molecule has 0 radical (unpaired) electrons. The van der Waals surface area contributed by atoms with Gasteiger partial charge in [-0.2, -0.15) is 11.8 Å². The number of hydrogen-bond acceptors (Lipinski definition) is 3. The van der Waals surface area contributed by atoms with E-state index < -0.39 is 0 Å². The Kier molecular flexibility index (Phi) is 6.49. The number of aromatic nitrogens is 1. The number of rotatable bonds is 7. The van der Waals surface area contributed by atoms with Crippen LogP contribution in [0, 0.1) is 0 Å². The maximum atomic E-state index is 12.4. The minimum absolute atomic E-state index is 0.0318. The Bertz CT molecular complexity index is 947. The van der Waals surface area contributed by atoms with Crippen LogP contribution in [0.5, 0.6) is 0 Å². The van der Waals surface area contributed by atoms with Gasteiger partial charge in [0.1, 0.15) is 0 Å². The molecule has 1 N–H and O–H groups in total. The quantitative estimate of drug-likeness (QED) is 0.663. The molecule has 0 spiro atoms. The highest BCUT2D eigenvalue weighted by molar-refractivity contribution is 7.98. The van der Waals surface area contributed by atoms with E-state index in [1.165, 1.54) is 5.56 Å². The zero-order valence-electron chi connectivity index (χ0n) is 15.2. The molecule has 0 atom stereocenters. The van der Waals surface area contributed by atoms with Gasteiger partial charge in [-0.25, -0.2) is 0 Å². The highest BCUT2D eigenvalue weighted by Gasteiger charge is 2.06. The minimum Gasteiger partial charge on any atom is -0.322 e. The van der Waals surface area contributed by atoms with Gasteiger partial charge in [0.25, 0.3) is 11.5 Å². The number of nitrogens with zero attached hydrogens (tertiary/aromatic N) is 1. The summed E-state index contributed by atoms with van der Waals surface area (Å²) in [5.74, 6) is 1.92. The van der Waals surface area contributed by atoms with Gasteiger partial charge in [0.2, 0.25) is 0 Å². The zero-order chi connectivity index (χ0) is 19.1. The third-order valence-corrected chi connectivity index (χ3v) is 5.10. The van der Waals surface area contributed by atoms with Crippen LogP contribution in [0.25, 0.3) is 0 Å². The van der Waals surface area contributed by atoms with Crippen molar-refractivity contribution < 1.29 is 4.79 Å². The molecule has 27 heavy (non-hydrogen) atoms. The van der Waals surface area contributed by atoms with E-state index in [0.29, 0.717) is 12.1 Å². The van der Waals surface area contributed by atoms with Crippen LogP contribution in [-0.2, 0) is 12.3 Å². The van der Waals surface area contributed by atoms with Gasteiger partial charge in [0.15, 0.2) is 0 Å². The van der Waals surface area contributed by atoms with E-state index >= 15 is 0 Å². The normalized spacial score (nSPS) is 10.6. The molecule has 0 unspecified atom stereocenters. The van der Waals surface area contributed by atoms with Gasteiger partial charge < -0.3 is 9.88 Å². The van der Waals surface area contributed by atoms with Gasteiger partial charge in [-0.3, -0.25) is 9.59 Å². The third kappa shape index (κ3) is 5.34. The Morgan fingerprint density at radius 2 is 1.67 bits per heavy atom. The van der Waals surface area contributed by atoms with E-state index in [-0.39, 0.29) is 11.5 Å². The molecule has 0 bridgehead atoms. The highest BCUT2D eigenvalue weighted by atomic mass is 32.2. The summed E-state index contributed by atoms with van der Waals surface area (Å²) >= 11 is 1.86. The number of thioether (sulfide) groups is 1. The van der Waals surface area contributed by atoms with Crippen molar-refractivity contribution in [3.05, 3.63) is 100.0 Å². The van der Waals surface area contributed by atoms with E-state index in [2.05, 4.69) is 12.2 Å². The van der Waals surface area contributed by atoms with Crippen molar-refractivity contribution in [2.24, 2.45) is 0 Å². The molecule has 0 aliphatic heterocycles. The lowest BCUT2D eigenvalue weighted by Gasteiger charge is -2.09. The lowest BCUT2D eigenvalue weighted by molar-refractivity contribution is 0.102. The van der Waals surface area contributed by atoms with Crippen LogP contribution in [0.1, 0.15) is 28.4 Å². The van der Waals surface area contributed by atoms with Crippen LogP contribution >= 0.6 is 11.8 Å². The topological polar surface area (TPSA) is 51.1 Å². The predicted octanol–water partition coefficient (Wildman–Crippen LogP) is 4.40. The van der Waals surface area contributed by atoms with Gasteiger partial charge in [-0.05, 0) is 47.2 Å². The highest BCUT2D eigenvalue weighted by Crippen LogP contribution is 2.15. The van der Waals surface area contributed by atoms with E-state index in [9.17, 15) is 9.59 Å². The fourth-order valence-electron chi connectivity index (χ4n) is 2.66. The summed E-state index contributed by atoms with van der Waals surface area (Å²) in [7, 11) is 0. The van der Waals surface area contributed by atoms with Gasteiger partial charge in [0, 0.05) is 29.3 Å². The lowest BCUT2D eigenvalue weighted by Crippen LogP contribution is -2.18. The van der Waals surface area contributed by atoms with E-state index in [4.69, 9.17) is 0 Å². The number of anilines is 1. The Hall–Kier alpha value is -2.79. The summed E-state index contributed by atoms with van der Waals surface area (Å²) in [5.41, 5.74) is 3.56. The molecule has 1 aromatic heterocycles. The molecule has 0 saturated carbocycles. The predicted molar refractivity (Wildman–Crippen MR) is 112 cm³/mol. The molecule has 4 nitrogen and oxygen atoms in total. The van der Waals surface area contributed by atoms with Crippen molar-refractivity contribution in [3.63, 3.8) is 0 Å². The van der Waals surface area contributed by atoms with Crippen LogP contribution < -0.4 is 10.9 Å². The average Bonchev–Trinajstić information content (AvgIpc) is 2.70. The first-order chi connectivity index (χ1) is 13.2. The Labute approximate surface area is 163 Å². The third-order valence-electron chi connectivity index (χ3n) is 4.15. The molecule has 3 aromatic rings. The van der Waals surface area contributed by atoms with E-state index in [0.717, 1.165) is 22.8 Å². The zero-order valence-corrected chi connectivity index (χ0v) is 16.0. The maximum Gasteiger partial charge on any atom is 0.255 e. The molecule has 2 aromatic carbocycles. The SMILES string of the molecule is CCSCc1ccc(C(=O)Nc2ccc(Cn3ccccc3=O)cc2)cc1. The van der Waals surface area contributed by atoms with Crippen LogP contribution in [0.4, 0.5) is 5.69 Å². The monoisotopic (exact) mass is 378 g/mol. The average molecular weight is 378 g/mol. The van der Waals surface area contributed by atoms with Crippen molar-refractivity contribution in [1.29, 1.82) is 0 Å².